The summed E-state index contributed by atoms with van der Waals surface area (Å²) in [6.07, 6.45) is 1.89. The highest BCUT2D eigenvalue weighted by molar-refractivity contribution is 9.10. The van der Waals surface area contributed by atoms with Crippen molar-refractivity contribution < 1.29 is 14.3 Å². The number of carbonyl (C=O) groups is 1. The summed E-state index contributed by atoms with van der Waals surface area (Å²) < 4.78 is 13.8. The van der Waals surface area contributed by atoms with Gasteiger partial charge >= 0.3 is 0 Å². The van der Waals surface area contributed by atoms with Crippen molar-refractivity contribution in [3.05, 3.63) is 52.3 Å². The number of methoxy groups -OCH3 is 1. The van der Waals surface area contributed by atoms with Gasteiger partial charge in [-0.1, -0.05) is 5.92 Å². The Morgan fingerprint density at radius 3 is 2.90 bits per heavy atom. The maximum Gasteiger partial charge on any atom is 0.251 e. The van der Waals surface area contributed by atoms with Crippen molar-refractivity contribution in [1.82, 2.24) is 14.7 Å². The monoisotopic (exact) mass is 456 g/mol. The third-order valence-corrected chi connectivity index (χ3v) is 4.72. The fourth-order valence-electron chi connectivity index (χ4n) is 2.76. The Balaban J connectivity index is 1.79. The summed E-state index contributed by atoms with van der Waals surface area (Å²) >= 11 is 3.50. The number of fused-ring (bicyclic) bond motifs is 1. The van der Waals surface area contributed by atoms with Crippen molar-refractivity contribution in [3.8, 4) is 23.5 Å². The second kappa shape index (κ2) is 9.34. The zero-order chi connectivity index (χ0) is 20.8. The lowest BCUT2D eigenvalue weighted by atomic mass is 10.1. The number of pyridine rings is 1. The summed E-state index contributed by atoms with van der Waals surface area (Å²) in [5.41, 5.74) is 2.59. The Hall–Kier alpha value is -3.18. The molecule has 29 heavy (non-hydrogen) atoms. The minimum absolute atomic E-state index is 0.170. The molecule has 0 spiro atoms. The lowest BCUT2D eigenvalue weighted by molar-refractivity contribution is 0.0963. The van der Waals surface area contributed by atoms with Crippen LogP contribution in [0, 0.1) is 11.8 Å². The van der Waals surface area contributed by atoms with Crippen LogP contribution in [0.5, 0.6) is 11.6 Å². The third-order valence-electron chi connectivity index (χ3n) is 4.10. The Bertz CT molecular complexity index is 1100. The van der Waals surface area contributed by atoms with E-state index in [1.807, 2.05) is 29.7 Å². The number of aromatic nitrogens is 2. The zero-order valence-electron chi connectivity index (χ0n) is 16.4. The Morgan fingerprint density at radius 1 is 1.34 bits per heavy atom. The minimum atomic E-state index is -0.170. The molecule has 0 atom stereocenters. The Labute approximate surface area is 177 Å². The van der Waals surface area contributed by atoms with E-state index in [0.717, 1.165) is 15.8 Å². The van der Waals surface area contributed by atoms with Crippen LogP contribution in [0.15, 0.2) is 41.0 Å². The second-order valence-corrected chi connectivity index (χ2v) is 6.75. The van der Waals surface area contributed by atoms with Gasteiger partial charge in [0.25, 0.3) is 5.91 Å². The van der Waals surface area contributed by atoms with E-state index in [9.17, 15) is 4.79 Å². The molecule has 0 saturated carbocycles. The second-order valence-electron chi connectivity index (χ2n) is 5.90. The van der Waals surface area contributed by atoms with Gasteiger partial charge in [0.1, 0.15) is 5.75 Å². The molecule has 0 aliphatic carbocycles. The Morgan fingerprint density at radius 2 is 2.17 bits per heavy atom. The molecule has 1 amide bonds. The molecule has 2 N–H and O–H groups in total. The van der Waals surface area contributed by atoms with E-state index < -0.39 is 0 Å². The number of amides is 1. The van der Waals surface area contributed by atoms with Crippen LogP contribution in [0.2, 0.25) is 0 Å². The molecule has 2 aromatic heterocycles. The van der Waals surface area contributed by atoms with Crippen LogP contribution in [-0.4, -0.2) is 42.6 Å². The molecule has 0 radical (unpaired) electrons. The minimum Gasteiger partial charge on any atom is -0.495 e. The quantitative estimate of drug-likeness (QED) is 0.556. The zero-order valence-corrected chi connectivity index (χ0v) is 18.0. The van der Waals surface area contributed by atoms with Crippen molar-refractivity contribution in [3.63, 3.8) is 0 Å². The van der Waals surface area contributed by atoms with Gasteiger partial charge in [0.15, 0.2) is 11.3 Å². The van der Waals surface area contributed by atoms with Crippen molar-refractivity contribution >= 4 is 33.2 Å². The Kier molecular flexibility index (Phi) is 6.62. The number of anilines is 1. The molecule has 0 aliphatic rings. The number of carbonyl (C=O) groups excluding carboxylic acids is 1. The fourth-order valence-corrected chi connectivity index (χ4v) is 3.19. The highest BCUT2D eigenvalue weighted by Crippen LogP contribution is 2.26. The van der Waals surface area contributed by atoms with Gasteiger partial charge in [0.05, 0.1) is 30.4 Å². The van der Waals surface area contributed by atoms with E-state index >= 15 is 0 Å². The van der Waals surface area contributed by atoms with Crippen LogP contribution in [0.1, 0.15) is 23.0 Å². The van der Waals surface area contributed by atoms with E-state index in [-0.39, 0.29) is 5.91 Å². The smallest absolute Gasteiger partial charge is 0.251 e. The molecule has 3 rings (SSSR count). The van der Waals surface area contributed by atoms with Gasteiger partial charge in [-0.15, -0.1) is 0 Å². The molecule has 0 saturated heterocycles. The van der Waals surface area contributed by atoms with E-state index in [0.29, 0.717) is 36.0 Å². The van der Waals surface area contributed by atoms with E-state index in [2.05, 4.69) is 43.4 Å². The summed E-state index contributed by atoms with van der Waals surface area (Å²) in [4.78, 5) is 16.3. The fraction of sp³-hybridized carbons (Fsp3) is 0.238. The molecule has 3 aromatic rings. The molecule has 8 heteroatoms. The first kappa shape index (κ1) is 20.6. The topological polar surface area (TPSA) is 76.9 Å². The highest BCUT2D eigenvalue weighted by atomic mass is 79.9. The molecule has 0 bridgehead atoms. The van der Waals surface area contributed by atoms with Crippen molar-refractivity contribution in [2.24, 2.45) is 0 Å². The first-order valence-corrected chi connectivity index (χ1v) is 9.80. The van der Waals surface area contributed by atoms with E-state index in [1.54, 1.807) is 32.4 Å². The molecular weight excluding hydrogens is 436 g/mol. The lowest BCUT2D eigenvalue weighted by Gasteiger charge is -2.10. The van der Waals surface area contributed by atoms with Crippen LogP contribution in [0.3, 0.4) is 0 Å². The van der Waals surface area contributed by atoms with Gasteiger partial charge in [-0.2, -0.15) is 0 Å². The van der Waals surface area contributed by atoms with Gasteiger partial charge in [0.2, 0.25) is 5.88 Å². The summed E-state index contributed by atoms with van der Waals surface area (Å²) in [5, 5.41) is 5.79. The predicted octanol–water partition coefficient (Wildman–Crippen LogP) is 3.33. The molecule has 0 fully saturated rings. The first-order chi connectivity index (χ1) is 14.1. The van der Waals surface area contributed by atoms with Crippen LogP contribution in [0.25, 0.3) is 5.65 Å². The third kappa shape index (κ3) is 4.46. The number of hydrogen-bond acceptors (Lipinski definition) is 5. The van der Waals surface area contributed by atoms with Gasteiger partial charge in [0, 0.05) is 18.8 Å². The number of hydrogen-bond donors (Lipinski definition) is 2. The summed E-state index contributed by atoms with van der Waals surface area (Å²) in [7, 11) is 3.15. The van der Waals surface area contributed by atoms with Crippen molar-refractivity contribution in [2.45, 2.75) is 6.92 Å². The average molecular weight is 457 g/mol. The average Bonchev–Trinajstić information content (AvgIpc) is 3.09. The van der Waals surface area contributed by atoms with Gasteiger partial charge in [-0.3, -0.25) is 9.20 Å². The van der Waals surface area contributed by atoms with E-state index in [1.165, 1.54) is 0 Å². The number of benzene rings is 1. The van der Waals surface area contributed by atoms with Crippen LogP contribution >= 0.6 is 15.9 Å². The number of rotatable bonds is 6. The number of ether oxygens (including phenoxy) is 2. The molecule has 0 unspecified atom stereocenters. The van der Waals surface area contributed by atoms with Crippen molar-refractivity contribution in [2.75, 3.05) is 32.6 Å². The molecular formula is C21H21BrN4O3. The first-order valence-electron chi connectivity index (χ1n) is 9.01. The normalized spacial score (nSPS) is 10.2. The predicted molar refractivity (Wildman–Crippen MR) is 116 cm³/mol. The van der Waals surface area contributed by atoms with Crippen LogP contribution in [-0.2, 0) is 0 Å². The summed E-state index contributed by atoms with van der Waals surface area (Å²) in [5.74, 6) is 7.14. The summed E-state index contributed by atoms with van der Waals surface area (Å²) in [6.45, 7) is 2.81. The molecule has 7 nitrogen and oxygen atoms in total. The van der Waals surface area contributed by atoms with Gasteiger partial charge < -0.3 is 20.1 Å². The number of nitrogens with one attached hydrogen (secondary N) is 2. The molecule has 2 heterocycles. The standard InChI is InChI=1S/C21H21BrN4O3/c1-4-29-21-17(25-19-15(22)7-6-12-26(19)21)8-5-11-24-16-10-9-14(20(27)23-2)13-18(16)28-3/h6-7,9-10,12-13,24H,4,11H2,1-3H3,(H,23,27). The number of imidazole rings is 1. The summed E-state index contributed by atoms with van der Waals surface area (Å²) in [6, 6.07) is 9.03. The van der Waals surface area contributed by atoms with Crippen molar-refractivity contribution in [1.29, 1.82) is 0 Å². The molecule has 1 aromatic carbocycles. The van der Waals surface area contributed by atoms with Gasteiger partial charge in [-0.25, -0.2) is 4.98 Å². The van der Waals surface area contributed by atoms with Crippen LogP contribution < -0.4 is 20.1 Å². The molecule has 0 aliphatic heterocycles. The van der Waals surface area contributed by atoms with Crippen LogP contribution in [0.4, 0.5) is 5.69 Å². The highest BCUT2D eigenvalue weighted by Gasteiger charge is 2.13. The maximum atomic E-state index is 11.8. The molecule has 150 valence electrons. The van der Waals surface area contributed by atoms with E-state index in [4.69, 9.17) is 9.47 Å². The number of halogens is 1. The van der Waals surface area contributed by atoms with Gasteiger partial charge in [-0.05, 0) is 59.1 Å². The largest absolute Gasteiger partial charge is 0.495 e. The lowest BCUT2D eigenvalue weighted by Crippen LogP contribution is -2.17. The number of nitrogens with zero attached hydrogens (tertiary/aromatic N) is 2. The maximum absolute atomic E-state index is 11.8. The SMILES string of the molecule is CCOc1c(C#CCNc2ccc(C(=O)NC)cc2OC)nc2c(Br)cccn12.